The van der Waals surface area contributed by atoms with Crippen LogP contribution in [-0.2, 0) is 16.0 Å². The number of rotatable bonds is 4. The van der Waals surface area contributed by atoms with Gasteiger partial charge in [-0.25, -0.2) is 14.6 Å². The van der Waals surface area contributed by atoms with Gasteiger partial charge in [0.15, 0.2) is 0 Å². The summed E-state index contributed by atoms with van der Waals surface area (Å²) in [5.74, 6) is 0. The van der Waals surface area contributed by atoms with Crippen molar-refractivity contribution in [3.05, 3.63) is 43.0 Å². The number of likely N-dealkylation sites (tertiary alicyclic amines) is 1. The van der Waals surface area contributed by atoms with Crippen LogP contribution in [-0.4, -0.2) is 51.0 Å². The van der Waals surface area contributed by atoms with Gasteiger partial charge in [-0.3, -0.25) is 4.90 Å². The number of aliphatic hydroxyl groups excluding tert-OH is 1. The first-order chi connectivity index (χ1) is 18.6. The van der Waals surface area contributed by atoms with E-state index in [0.717, 1.165) is 14.5 Å². The number of fused-ring (bicyclic) bond motifs is 1. The highest BCUT2D eigenvalue weighted by atomic mass is 79.9. The van der Waals surface area contributed by atoms with E-state index < -0.39 is 29.5 Å². The van der Waals surface area contributed by atoms with E-state index in [1.807, 2.05) is 59.1 Å². The van der Waals surface area contributed by atoms with E-state index in [1.54, 1.807) is 27.2 Å². The molecule has 2 unspecified atom stereocenters. The third kappa shape index (κ3) is 7.47. The minimum atomic E-state index is -0.697. The number of aromatic nitrogens is 1. The first-order valence-electron chi connectivity index (χ1n) is 13.1. The molecule has 4 rings (SSSR count). The van der Waals surface area contributed by atoms with Crippen LogP contribution in [0.4, 0.5) is 15.3 Å². The average Bonchev–Trinajstić information content (AvgIpc) is 3.39. The van der Waals surface area contributed by atoms with Gasteiger partial charge in [-0.1, -0.05) is 17.7 Å². The maximum atomic E-state index is 13.5. The lowest BCUT2D eigenvalue weighted by Gasteiger charge is -2.32. The van der Waals surface area contributed by atoms with Crippen LogP contribution < -0.4 is 4.90 Å². The summed E-state index contributed by atoms with van der Waals surface area (Å²) in [5, 5.41) is 12.6. The number of carbonyl (C=O) groups is 2. The Morgan fingerprint density at radius 3 is 2.50 bits per heavy atom. The van der Waals surface area contributed by atoms with Crippen molar-refractivity contribution in [2.75, 3.05) is 11.4 Å². The molecule has 4 heterocycles. The van der Waals surface area contributed by atoms with E-state index in [2.05, 4.69) is 20.9 Å². The van der Waals surface area contributed by atoms with Crippen molar-refractivity contribution in [3.63, 3.8) is 0 Å². The predicted octanol–water partition coefficient (Wildman–Crippen LogP) is 8.54. The number of anilines is 1. The Morgan fingerprint density at radius 1 is 1.18 bits per heavy atom. The van der Waals surface area contributed by atoms with E-state index in [0.29, 0.717) is 48.0 Å². The number of hydrogen-bond donors (Lipinski definition) is 1. The summed E-state index contributed by atoms with van der Waals surface area (Å²) in [6.07, 6.45) is 0.0906. The van der Waals surface area contributed by atoms with Gasteiger partial charge in [-0.2, -0.15) is 0 Å². The maximum absolute atomic E-state index is 13.5. The summed E-state index contributed by atoms with van der Waals surface area (Å²) < 4.78 is 13.0. The van der Waals surface area contributed by atoms with E-state index in [-0.39, 0.29) is 11.2 Å². The molecule has 0 bridgehead atoms. The molecule has 40 heavy (non-hydrogen) atoms. The van der Waals surface area contributed by atoms with E-state index in [1.165, 1.54) is 11.3 Å². The van der Waals surface area contributed by atoms with Crippen LogP contribution in [0, 0.1) is 0 Å². The first-order valence-corrected chi connectivity index (χ1v) is 16.0. The molecule has 2 atom stereocenters. The van der Waals surface area contributed by atoms with Crippen LogP contribution in [0.3, 0.4) is 0 Å². The van der Waals surface area contributed by atoms with Crippen molar-refractivity contribution in [2.45, 2.75) is 90.7 Å². The lowest BCUT2D eigenvalue weighted by atomic mass is 10.1. The maximum Gasteiger partial charge on any atom is 0.415 e. The molecule has 3 aromatic heterocycles. The third-order valence-electron chi connectivity index (χ3n) is 6.14. The van der Waals surface area contributed by atoms with Gasteiger partial charge in [0.05, 0.1) is 39.1 Å². The second-order valence-corrected chi connectivity index (χ2v) is 15.0. The summed E-state index contributed by atoms with van der Waals surface area (Å²) in [6, 6.07) is 5.22. The number of hydrogen-bond acceptors (Lipinski definition) is 8. The van der Waals surface area contributed by atoms with Crippen LogP contribution in [0.5, 0.6) is 0 Å². The second-order valence-electron chi connectivity index (χ2n) is 11.8. The summed E-state index contributed by atoms with van der Waals surface area (Å²) in [7, 11) is 0. The number of ether oxygens (including phenoxy) is 2. The predicted molar refractivity (Wildman–Crippen MR) is 165 cm³/mol. The highest BCUT2D eigenvalue weighted by Crippen LogP contribution is 2.47. The fourth-order valence-corrected chi connectivity index (χ4v) is 7.57. The van der Waals surface area contributed by atoms with Crippen LogP contribution in [0.25, 0.3) is 10.2 Å². The summed E-state index contributed by atoms with van der Waals surface area (Å²) in [6.45, 7) is 11.6. The molecule has 0 aromatic carbocycles. The molecule has 218 valence electrons. The Hall–Kier alpha value is -1.92. The quantitative estimate of drug-likeness (QED) is 0.279. The largest absolute Gasteiger partial charge is 0.444 e. The van der Waals surface area contributed by atoms with Gasteiger partial charge in [-0.05, 0) is 88.2 Å². The third-order valence-corrected chi connectivity index (χ3v) is 9.56. The van der Waals surface area contributed by atoms with Crippen LogP contribution in [0.15, 0.2) is 28.1 Å². The Labute approximate surface area is 256 Å². The minimum Gasteiger partial charge on any atom is -0.444 e. The molecule has 0 saturated carbocycles. The number of halogens is 2. The van der Waals surface area contributed by atoms with Gasteiger partial charge >= 0.3 is 12.2 Å². The normalized spacial score (nSPS) is 18.5. The minimum absolute atomic E-state index is 0.229. The van der Waals surface area contributed by atoms with Crippen molar-refractivity contribution < 1.29 is 24.2 Å². The number of thiophene rings is 2. The smallest absolute Gasteiger partial charge is 0.415 e. The molecule has 1 aliphatic heterocycles. The molecule has 1 saturated heterocycles. The lowest BCUT2D eigenvalue weighted by molar-refractivity contribution is 0.0162. The second kappa shape index (κ2) is 12.1. The van der Waals surface area contributed by atoms with E-state index in [4.69, 9.17) is 21.1 Å². The molecule has 0 spiro atoms. The fourth-order valence-electron chi connectivity index (χ4n) is 4.45. The van der Waals surface area contributed by atoms with E-state index in [9.17, 15) is 14.7 Å². The van der Waals surface area contributed by atoms with Crippen molar-refractivity contribution in [1.29, 1.82) is 0 Å². The average molecular weight is 673 g/mol. The Kier molecular flexibility index (Phi) is 9.41. The van der Waals surface area contributed by atoms with Crippen molar-refractivity contribution in [2.24, 2.45) is 0 Å². The monoisotopic (exact) mass is 671 g/mol. The summed E-state index contributed by atoms with van der Waals surface area (Å²) >= 11 is 13.3. The molecule has 2 amide bonds. The zero-order valence-electron chi connectivity index (χ0n) is 23.5. The van der Waals surface area contributed by atoms with Crippen molar-refractivity contribution in [1.82, 2.24) is 9.88 Å². The van der Waals surface area contributed by atoms with Crippen LogP contribution >= 0.6 is 50.2 Å². The topological polar surface area (TPSA) is 92.2 Å². The molecule has 3 aromatic rings. The Balaban J connectivity index is 1.83. The van der Waals surface area contributed by atoms with E-state index >= 15 is 0 Å². The van der Waals surface area contributed by atoms with Gasteiger partial charge in [0.2, 0.25) is 0 Å². The first kappa shape index (κ1) is 31.0. The standard InChI is InChI=1S/C28H35BrClN3O5S2/c1-27(2,3)37-25(35)32-12-11-16(34)9-10-18(32)23-21(29)22-24(40-23)19(14-20(30)31-22)33(15-17-8-7-13-39-17)26(36)38-28(4,5)6/h7-8,13-14,16,18,34H,9-12,15H2,1-6H3. The SMILES string of the molecule is CC(C)(C)OC(=O)N(Cc1cccs1)c1cc(Cl)nc2c(Br)c(C3CCC(O)CCN3C(=O)OC(C)(C)C)sc12. The van der Waals surface area contributed by atoms with Gasteiger partial charge in [0.25, 0.3) is 0 Å². The molecule has 1 aliphatic rings. The number of amides is 2. The number of aliphatic hydroxyl groups is 1. The molecular weight excluding hydrogens is 638 g/mol. The summed E-state index contributed by atoms with van der Waals surface area (Å²) in [5.41, 5.74) is -0.193. The highest BCUT2D eigenvalue weighted by Gasteiger charge is 2.36. The number of pyridine rings is 1. The molecular formula is C28H35BrClN3O5S2. The van der Waals surface area contributed by atoms with Gasteiger partial charge in [-0.15, -0.1) is 22.7 Å². The molecule has 8 nitrogen and oxygen atoms in total. The van der Waals surface area contributed by atoms with Crippen LogP contribution in [0.1, 0.15) is 76.6 Å². The van der Waals surface area contributed by atoms with Crippen LogP contribution in [0.2, 0.25) is 5.15 Å². The Bertz CT molecular complexity index is 1370. The van der Waals surface area contributed by atoms with Gasteiger partial charge in [0, 0.05) is 22.4 Å². The zero-order chi connectivity index (χ0) is 29.4. The van der Waals surface area contributed by atoms with Gasteiger partial charge in [0.1, 0.15) is 16.4 Å². The van der Waals surface area contributed by atoms with Gasteiger partial charge < -0.3 is 19.5 Å². The molecule has 12 heteroatoms. The molecule has 0 aliphatic carbocycles. The zero-order valence-corrected chi connectivity index (χ0v) is 27.5. The molecule has 1 N–H and O–H groups in total. The van der Waals surface area contributed by atoms with Crippen molar-refractivity contribution in [3.8, 4) is 0 Å². The number of nitrogens with zero attached hydrogens (tertiary/aromatic N) is 3. The van der Waals surface area contributed by atoms with Crippen molar-refractivity contribution >= 4 is 78.3 Å². The fraction of sp³-hybridized carbons (Fsp3) is 0.536. The lowest BCUT2D eigenvalue weighted by Crippen LogP contribution is -2.39. The highest BCUT2D eigenvalue weighted by molar-refractivity contribution is 9.10. The number of carbonyl (C=O) groups excluding carboxylic acids is 2. The molecule has 1 fully saturated rings. The Morgan fingerprint density at radius 2 is 1.88 bits per heavy atom. The summed E-state index contributed by atoms with van der Waals surface area (Å²) in [4.78, 5) is 36.6. The molecule has 0 radical (unpaired) electrons.